The summed E-state index contributed by atoms with van der Waals surface area (Å²) < 4.78 is 13.5. The summed E-state index contributed by atoms with van der Waals surface area (Å²) in [6, 6.07) is 7.40. The second-order valence-corrected chi connectivity index (χ2v) is 5.83. The Labute approximate surface area is 113 Å². The molecule has 0 spiro atoms. The highest BCUT2D eigenvalue weighted by atomic mass is 19.1. The van der Waals surface area contributed by atoms with E-state index in [4.69, 9.17) is 5.26 Å². The van der Waals surface area contributed by atoms with Crippen molar-refractivity contribution in [2.75, 3.05) is 6.54 Å². The SMILES string of the molecule is N#Cc1cc(F)cc(CN2CCC3CCCCC32)c1. The molecule has 3 rings (SSSR count). The van der Waals surface area contributed by atoms with E-state index in [9.17, 15) is 4.39 Å². The molecule has 2 aliphatic rings. The maximum Gasteiger partial charge on any atom is 0.124 e. The van der Waals surface area contributed by atoms with Gasteiger partial charge in [0, 0.05) is 12.6 Å². The van der Waals surface area contributed by atoms with E-state index in [-0.39, 0.29) is 5.82 Å². The van der Waals surface area contributed by atoms with Gasteiger partial charge in [0.05, 0.1) is 11.6 Å². The summed E-state index contributed by atoms with van der Waals surface area (Å²) in [5.41, 5.74) is 1.36. The highest BCUT2D eigenvalue weighted by molar-refractivity contribution is 5.33. The van der Waals surface area contributed by atoms with Crippen molar-refractivity contribution in [3.05, 3.63) is 35.1 Å². The zero-order chi connectivity index (χ0) is 13.2. The molecule has 1 aromatic carbocycles. The second kappa shape index (κ2) is 5.30. The molecule has 0 aromatic heterocycles. The lowest BCUT2D eigenvalue weighted by atomic mass is 9.85. The number of nitrogens with zero attached hydrogens (tertiary/aromatic N) is 2. The maximum absolute atomic E-state index is 13.5. The van der Waals surface area contributed by atoms with Crippen LogP contribution < -0.4 is 0 Å². The summed E-state index contributed by atoms with van der Waals surface area (Å²) in [6.07, 6.45) is 6.61. The third-order valence-corrected chi connectivity index (χ3v) is 4.60. The molecule has 1 aliphatic heterocycles. The van der Waals surface area contributed by atoms with Gasteiger partial charge in [-0.3, -0.25) is 4.90 Å². The van der Waals surface area contributed by atoms with Crippen LogP contribution in [0.1, 0.15) is 43.2 Å². The van der Waals surface area contributed by atoms with Gasteiger partial charge < -0.3 is 0 Å². The first-order valence-electron chi connectivity index (χ1n) is 7.20. The summed E-state index contributed by atoms with van der Waals surface area (Å²) in [5.74, 6) is 0.547. The van der Waals surface area contributed by atoms with Gasteiger partial charge in [0.2, 0.25) is 0 Å². The Morgan fingerprint density at radius 1 is 1.21 bits per heavy atom. The molecule has 1 aromatic rings. The number of benzene rings is 1. The van der Waals surface area contributed by atoms with Crippen molar-refractivity contribution in [1.29, 1.82) is 5.26 Å². The van der Waals surface area contributed by atoms with Gasteiger partial charge in [0.25, 0.3) is 0 Å². The Kier molecular flexibility index (Phi) is 3.52. The average Bonchev–Trinajstić information content (AvgIpc) is 2.82. The van der Waals surface area contributed by atoms with Crippen LogP contribution in [0, 0.1) is 23.1 Å². The van der Waals surface area contributed by atoms with E-state index in [1.807, 2.05) is 12.1 Å². The Hall–Kier alpha value is -1.40. The molecule has 0 bridgehead atoms. The molecule has 3 heteroatoms. The van der Waals surface area contributed by atoms with Gasteiger partial charge in [-0.25, -0.2) is 4.39 Å². The molecule has 100 valence electrons. The first-order chi connectivity index (χ1) is 9.26. The minimum absolute atomic E-state index is 0.298. The molecule has 2 nitrogen and oxygen atoms in total. The number of hydrogen-bond donors (Lipinski definition) is 0. The van der Waals surface area contributed by atoms with Crippen molar-refractivity contribution in [1.82, 2.24) is 4.90 Å². The highest BCUT2D eigenvalue weighted by Gasteiger charge is 2.35. The van der Waals surface area contributed by atoms with Crippen LogP contribution in [-0.2, 0) is 6.54 Å². The van der Waals surface area contributed by atoms with Crippen molar-refractivity contribution in [2.45, 2.75) is 44.7 Å². The van der Waals surface area contributed by atoms with Gasteiger partial charge in [0.15, 0.2) is 0 Å². The van der Waals surface area contributed by atoms with E-state index >= 15 is 0 Å². The van der Waals surface area contributed by atoms with Crippen LogP contribution in [0.15, 0.2) is 18.2 Å². The van der Waals surface area contributed by atoms with E-state index in [1.54, 1.807) is 6.07 Å². The van der Waals surface area contributed by atoms with Gasteiger partial charge in [0.1, 0.15) is 5.82 Å². The summed E-state index contributed by atoms with van der Waals surface area (Å²) in [7, 11) is 0. The molecule has 2 fully saturated rings. The first-order valence-corrected chi connectivity index (χ1v) is 7.20. The maximum atomic E-state index is 13.5. The van der Waals surface area contributed by atoms with Crippen molar-refractivity contribution in [3.8, 4) is 6.07 Å². The lowest BCUT2D eigenvalue weighted by molar-refractivity contribution is 0.176. The Morgan fingerprint density at radius 3 is 2.89 bits per heavy atom. The van der Waals surface area contributed by atoms with E-state index in [1.165, 1.54) is 38.2 Å². The molecule has 0 N–H and O–H groups in total. The smallest absolute Gasteiger partial charge is 0.124 e. The molecular weight excluding hydrogens is 239 g/mol. The second-order valence-electron chi connectivity index (χ2n) is 5.83. The lowest BCUT2D eigenvalue weighted by Gasteiger charge is -2.31. The minimum Gasteiger partial charge on any atom is -0.296 e. The van der Waals surface area contributed by atoms with Crippen molar-refractivity contribution in [2.24, 2.45) is 5.92 Å². The fourth-order valence-electron chi connectivity index (χ4n) is 3.74. The average molecular weight is 258 g/mol. The molecule has 0 amide bonds. The summed E-state index contributed by atoms with van der Waals surface area (Å²) in [6.45, 7) is 1.90. The summed E-state index contributed by atoms with van der Waals surface area (Å²) >= 11 is 0. The quantitative estimate of drug-likeness (QED) is 0.812. The third-order valence-electron chi connectivity index (χ3n) is 4.60. The fourth-order valence-corrected chi connectivity index (χ4v) is 3.74. The topological polar surface area (TPSA) is 27.0 Å². The molecule has 1 heterocycles. The number of hydrogen-bond acceptors (Lipinski definition) is 2. The first kappa shape index (κ1) is 12.6. The summed E-state index contributed by atoms with van der Waals surface area (Å²) in [5, 5.41) is 8.90. The fraction of sp³-hybridized carbons (Fsp3) is 0.562. The minimum atomic E-state index is -0.298. The molecular formula is C16H19FN2. The molecule has 1 saturated heterocycles. The van der Waals surface area contributed by atoms with E-state index in [0.717, 1.165) is 24.6 Å². The molecule has 19 heavy (non-hydrogen) atoms. The lowest BCUT2D eigenvalue weighted by Crippen LogP contribution is -2.34. The van der Waals surface area contributed by atoms with Crippen LogP contribution in [0.3, 0.4) is 0 Å². The molecule has 2 atom stereocenters. The van der Waals surface area contributed by atoms with Crippen LogP contribution in [0.5, 0.6) is 0 Å². The standard InChI is InChI=1S/C16H19FN2/c17-15-8-12(10-18)7-13(9-15)11-19-6-5-14-3-1-2-4-16(14)19/h7-9,14,16H,1-6,11H2. The number of fused-ring (bicyclic) bond motifs is 1. The van der Waals surface area contributed by atoms with Crippen molar-refractivity contribution >= 4 is 0 Å². The molecule has 0 radical (unpaired) electrons. The van der Waals surface area contributed by atoms with Gasteiger partial charge in [-0.05, 0) is 55.5 Å². The van der Waals surface area contributed by atoms with Crippen LogP contribution in [0.2, 0.25) is 0 Å². The monoisotopic (exact) mass is 258 g/mol. The van der Waals surface area contributed by atoms with Crippen molar-refractivity contribution in [3.63, 3.8) is 0 Å². The number of nitriles is 1. The largest absolute Gasteiger partial charge is 0.296 e. The Balaban J connectivity index is 1.75. The van der Waals surface area contributed by atoms with E-state index in [2.05, 4.69) is 4.90 Å². The predicted molar refractivity (Wildman–Crippen MR) is 71.9 cm³/mol. The van der Waals surface area contributed by atoms with Gasteiger partial charge in [-0.15, -0.1) is 0 Å². The zero-order valence-electron chi connectivity index (χ0n) is 11.1. The Morgan fingerprint density at radius 2 is 2.05 bits per heavy atom. The van der Waals surface area contributed by atoms with Crippen LogP contribution >= 0.6 is 0 Å². The Bertz CT molecular complexity index is 506. The molecule has 1 aliphatic carbocycles. The van der Waals surface area contributed by atoms with Crippen LogP contribution in [-0.4, -0.2) is 17.5 Å². The summed E-state index contributed by atoms with van der Waals surface area (Å²) in [4.78, 5) is 2.49. The van der Waals surface area contributed by atoms with Gasteiger partial charge in [-0.1, -0.05) is 12.8 Å². The molecule has 2 unspecified atom stereocenters. The van der Waals surface area contributed by atoms with Crippen LogP contribution in [0.4, 0.5) is 4.39 Å². The third kappa shape index (κ3) is 2.64. The van der Waals surface area contributed by atoms with Crippen molar-refractivity contribution < 1.29 is 4.39 Å². The molecule has 1 saturated carbocycles. The highest BCUT2D eigenvalue weighted by Crippen LogP contribution is 2.36. The van der Waals surface area contributed by atoms with E-state index < -0.39 is 0 Å². The van der Waals surface area contributed by atoms with Gasteiger partial charge in [-0.2, -0.15) is 5.26 Å². The number of halogens is 1. The zero-order valence-corrected chi connectivity index (χ0v) is 11.1. The normalized spacial score (nSPS) is 26.9. The predicted octanol–water partition coefficient (Wildman–Crippen LogP) is 3.46. The van der Waals surface area contributed by atoms with Crippen LogP contribution in [0.25, 0.3) is 0 Å². The van der Waals surface area contributed by atoms with E-state index in [0.29, 0.717) is 11.6 Å². The van der Waals surface area contributed by atoms with Gasteiger partial charge >= 0.3 is 0 Å². The number of likely N-dealkylation sites (tertiary alicyclic amines) is 1. The number of rotatable bonds is 2.